The summed E-state index contributed by atoms with van der Waals surface area (Å²) in [7, 11) is 0. The van der Waals surface area contributed by atoms with Crippen molar-refractivity contribution in [3.05, 3.63) is 29.8 Å². The molecule has 0 saturated heterocycles. The number of nitrogens with two attached hydrogens (primary N) is 1. The van der Waals surface area contributed by atoms with Crippen LogP contribution in [0.5, 0.6) is 5.75 Å². The highest BCUT2D eigenvalue weighted by Crippen LogP contribution is 2.13. The van der Waals surface area contributed by atoms with Crippen LogP contribution in [-0.4, -0.2) is 33.7 Å². The fourth-order valence-corrected chi connectivity index (χ4v) is 1.89. The third kappa shape index (κ3) is 6.27. The van der Waals surface area contributed by atoms with Crippen LogP contribution in [0.1, 0.15) is 32.3 Å². The molecule has 6 heteroatoms. The SMILES string of the molecule is CC(C)(CCC(=O)O)NC(=O)[C@H](N)Cc1ccc(O)cc1. The van der Waals surface area contributed by atoms with Gasteiger partial charge >= 0.3 is 5.97 Å². The van der Waals surface area contributed by atoms with Gasteiger partial charge < -0.3 is 21.3 Å². The maximum absolute atomic E-state index is 12.0. The van der Waals surface area contributed by atoms with Gasteiger partial charge in [0.15, 0.2) is 0 Å². The van der Waals surface area contributed by atoms with Crippen LogP contribution < -0.4 is 11.1 Å². The van der Waals surface area contributed by atoms with Crippen molar-refractivity contribution in [3.63, 3.8) is 0 Å². The molecule has 0 spiro atoms. The van der Waals surface area contributed by atoms with Gasteiger partial charge in [0.05, 0.1) is 6.04 Å². The van der Waals surface area contributed by atoms with Gasteiger partial charge in [-0.25, -0.2) is 0 Å². The second-order valence-electron chi connectivity index (χ2n) is 5.74. The van der Waals surface area contributed by atoms with Gasteiger partial charge in [0, 0.05) is 12.0 Å². The molecule has 0 aromatic heterocycles. The fraction of sp³-hybridized carbons (Fsp3) is 0.467. The number of aromatic hydroxyl groups is 1. The van der Waals surface area contributed by atoms with Gasteiger partial charge in [-0.3, -0.25) is 9.59 Å². The monoisotopic (exact) mass is 294 g/mol. The summed E-state index contributed by atoms with van der Waals surface area (Å²) >= 11 is 0. The molecular weight excluding hydrogens is 272 g/mol. The Morgan fingerprint density at radius 3 is 2.38 bits per heavy atom. The molecule has 1 amide bonds. The maximum Gasteiger partial charge on any atom is 0.303 e. The lowest BCUT2D eigenvalue weighted by atomic mass is 9.97. The molecule has 0 aliphatic carbocycles. The maximum atomic E-state index is 12.0. The summed E-state index contributed by atoms with van der Waals surface area (Å²) in [5.74, 6) is -1.06. The van der Waals surface area contributed by atoms with Crippen LogP contribution in [0.15, 0.2) is 24.3 Å². The number of hydrogen-bond donors (Lipinski definition) is 4. The summed E-state index contributed by atoms with van der Waals surface area (Å²) in [5, 5.41) is 20.6. The van der Waals surface area contributed by atoms with Crippen molar-refractivity contribution in [1.82, 2.24) is 5.32 Å². The van der Waals surface area contributed by atoms with E-state index in [-0.39, 0.29) is 18.1 Å². The molecule has 0 heterocycles. The zero-order chi connectivity index (χ0) is 16.0. The van der Waals surface area contributed by atoms with Crippen molar-refractivity contribution >= 4 is 11.9 Å². The number of hydrogen-bond acceptors (Lipinski definition) is 4. The molecule has 1 aromatic carbocycles. The summed E-state index contributed by atoms with van der Waals surface area (Å²) < 4.78 is 0. The molecule has 1 aromatic rings. The van der Waals surface area contributed by atoms with E-state index in [9.17, 15) is 14.7 Å². The number of amides is 1. The van der Waals surface area contributed by atoms with E-state index < -0.39 is 17.6 Å². The number of carboxylic acid groups (broad SMARTS) is 1. The zero-order valence-electron chi connectivity index (χ0n) is 12.3. The van der Waals surface area contributed by atoms with E-state index in [1.807, 2.05) is 0 Å². The zero-order valence-corrected chi connectivity index (χ0v) is 12.3. The van der Waals surface area contributed by atoms with E-state index in [1.54, 1.807) is 26.0 Å². The molecule has 21 heavy (non-hydrogen) atoms. The predicted molar refractivity (Wildman–Crippen MR) is 78.9 cm³/mol. The van der Waals surface area contributed by atoms with Crippen molar-refractivity contribution in [1.29, 1.82) is 0 Å². The van der Waals surface area contributed by atoms with Gasteiger partial charge in [0.1, 0.15) is 5.75 Å². The van der Waals surface area contributed by atoms with E-state index in [4.69, 9.17) is 10.8 Å². The third-order valence-corrected chi connectivity index (χ3v) is 3.15. The van der Waals surface area contributed by atoms with Crippen molar-refractivity contribution < 1.29 is 19.8 Å². The molecule has 0 saturated carbocycles. The Bertz CT molecular complexity index is 497. The van der Waals surface area contributed by atoms with Crippen molar-refractivity contribution in [3.8, 4) is 5.75 Å². The minimum Gasteiger partial charge on any atom is -0.508 e. The van der Waals surface area contributed by atoms with E-state index in [2.05, 4.69) is 5.32 Å². The molecule has 1 rings (SSSR count). The van der Waals surface area contributed by atoms with Gasteiger partial charge in [-0.2, -0.15) is 0 Å². The Morgan fingerprint density at radius 1 is 1.29 bits per heavy atom. The van der Waals surface area contributed by atoms with Crippen molar-refractivity contribution in [2.24, 2.45) is 5.73 Å². The van der Waals surface area contributed by atoms with Crippen molar-refractivity contribution in [2.45, 2.75) is 44.7 Å². The number of aliphatic carboxylic acids is 1. The average Bonchev–Trinajstić information content (AvgIpc) is 2.38. The minimum atomic E-state index is -0.897. The Morgan fingerprint density at radius 2 is 1.86 bits per heavy atom. The van der Waals surface area contributed by atoms with Gasteiger partial charge in [-0.15, -0.1) is 0 Å². The highest BCUT2D eigenvalue weighted by Gasteiger charge is 2.24. The summed E-state index contributed by atoms with van der Waals surface area (Å²) in [6, 6.07) is 5.77. The lowest BCUT2D eigenvalue weighted by Crippen LogP contribution is -2.51. The molecule has 6 nitrogen and oxygen atoms in total. The first-order valence-corrected chi connectivity index (χ1v) is 6.77. The Labute approximate surface area is 124 Å². The van der Waals surface area contributed by atoms with Gasteiger partial charge in [0.2, 0.25) is 5.91 Å². The first kappa shape index (κ1) is 17.0. The van der Waals surface area contributed by atoms with Crippen LogP contribution in [0.3, 0.4) is 0 Å². The normalized spacial score (nSPS) is 12.7. The molecule has 1 atom stereocenters. The van der Waals surface area contributed by atoms with Crippen LogP contribution in [0, 0.1) is 0 Å². The lowest BCUT2D eigenvalue weighted by Gasteiger charge is -2.27. The summed E-state index contributed by atoms with van der Waals surface area (Å²) in [5.41, 5.74) is 6.08. The summed E-state index contributed by atoms with van der Waals surface area (Å²) in [6.07, 6.45) is 0.668. The molecule has 116 valence electrons. The third-order valence-electron chi connectivity index (χ3n) is 3.15. The van der Waals surface area contributed by atoms with E-state index in [1.165, 1.54) is 12.1 Å². The molecule has 0 bridgehead atoms. The smallest absolute Gasteiger partial charge is 0.303 e. The topological polar surface area (TPSA) is 113 Å². The molecule has 0 radical (unpaired) electrons. The summed E-state index contributed by atoms with van der Waals surface area (Å²) in [6.45, 7) is 3.53. The molecule has 0 unspecified atom stereocenters. The van der Waals surface area contributed by atoms with Crippen LogP contribution in [-0.2, 0) is 16.0 Å². The number of phenols is 1. The first-order valence-electron chi connectivity index (χ1n) is 6.77. The molecular formula is C15H22N2O4. The quantitative estimate of drug-likeness (QED) is 0.600. The number of carboxylic acids is 1. The average molecular weight is 294 g/mol. The molecule has 0 aliphatic rings. The Kier molecular flexibility index (Phi) is 5.72. The van der Waals surface area contributed by atoms with E-state index in [0.29, 0.717) is 12.8 Å². The number of carbonyl (C=O) groups excluding carboxylic acids is 1. The summed E-state index contributed by atoms with van der Waals surface area (Å²) in [4.78, 5) is 22.6. The number of rotatable bonds is 7. The lowest BCUT2D eigenvalue weighted by molar-refractivity contribution is -0.137. The second kappa shape index (κ2) is 7.08. The Hall–Kier alpha value is -2.08. The fourth-order valence-electron chi connectivity index (χ4n) is 1.89. The van der Waals surface area contributed by atoms with Gasteiger partial charge in [-0.05, 0) is 44.4 Å². The van der Waals surface area contributed by atoms with E-state index >= 15 is 0 Å². The van der Waals surface area contributed by atoms with Gasteiger partial charge in [-0.1, -0.05) is 12.1 Å². The number of carbonyl (C=O) groups is 2. The molecule has 0 fully saturated rings. The minimum absolute atomic E-state index is 0.0134. The van der Waals surface area contributed by atoms with Crippen LogP contribution >= 0.6 is 0 Å². The first-order chi connectivity index (χ1) is 9.69. The standard InChI is InChI=1S/C15H22N2O4/c1-15(2,8-7-13(19)20)17-14(21)12(16)9-10-3-5-11(18)6-4-10/h3-6,12,18H,7-9,16H2,1-2H3,(H,17,21)(H,19,20)/t12-/m1/s1. The molecule has 5 N–H and O–H groups in total. The highest BCUT2D eigenvalue weighted by molar-refractivity contribution is 5.82. The number of nitrogens with one attached hydrogen (secondary N) is 1. The highest BCUT2D eigenvalue weighted by atomic mass is 16.4. The number of phenolic OH excluding ortho intramolecular Hbond substituents is 1. The van der Waals surface area contributed by atoms with Gasteiger partial charge in [0.25, 0.3) is 0 Å². The van der Waals surface area contributed by atoms with Crippen LogP contribution in [0.25, 0.3) is 0 Å². The molecule has 0 aliphatic heterocycles. The largest absolute Gasteiger partial charge is 0.508 e. The number of benzene rings is 1. The second-order valence-corrected chi connectivity index (χ2v) is 5.74. The van der Waals surface area contributed by atoms with Crippen molar-refractivity contribution in [2.75, 3.05) is 0 Å². The Balaban J connectivity index is 2.53. The van der Waals surface area contributed by atoms with Crippen LogP contribution in [0.2, 0.25) is 0 Å². The predicted octanol–water partition coefficient (Wildman–Crippen LogP) is 1.02. The van der Waals surface area contributed by atoms with E-state index in [0.717, 1.165) is 5.56 Å². The van der Waals surface area contributed by atoms with Crippen LogP contribution in [0.4, 0.5) is 0 Å².